The molecule has 39 heavy (non-hydrogen) atoms. The highest BCUT2D eigenvalue weighted by Gasteiger charge is 2.45. The first kappa shape index (κ1) is 26.8. The van der Waals surface area contributed by atoms with Gasteiger partial charge in [-0.3, -0.25) is 9.59 Å². The molecule has 0 saturated carbocycles. The van der Waals surface area contributed by atoms with E-state index in [2.05, 4.69) is 10.0 Å². The summed E-state index contributed by atoms with van der Waals surface area (Å²) < 4.78 is 32.1. The van der Waals surface area contributed by atoms with Gasteiger partial charge in [-0.2, -0.15) is 0 Å². The van der Waals surface area contributed by atoms with Crippen LogP contribution in [0.15, 0.2) is 40.2 Å². The third kappa shape index (κ3) is 4.67. The molecule has 3 heterocycles. The molecule has 0 bridgehead atoms. The third-order valence-electron chi connectivity index (χ3n) is 7.62. The van der Waals surface area contributed by atoms with E-state index in [0.717, 1.165) is 16.6 Å². The Kier molecular flexibility index (Phi) is 6.92. The molecule has 2 aliphatic rings. The molecule has 3 aromatic rings. The number of carbonyl (C=O) groups excluding carboxylic acids is 1. The summed E-state index contributed by atoms with van der Waals surface area (Å²) in [4.78, 5) is 28.1. The predicted molar refractivity (Wildman–Crippen MR) is 144 cm³/mol. The second-order valence-electron chi connectivity index (χ2n) is 10.6. The molecule has 0 aliphatic carbocycles. The quantitative estimate of drug-likeness (QED) is 0.154. The molecule has 1 aromatic heterocycles. The predicted octanol–water partition coefficient (Wildman–Crippen LogP) is 4.54. The fraction of sp³-hybridized carbons (Fsp3) is 0.500. The van der Waals surface area contributed by atoms with Gasteiger partial charge in [0.1, 0.15) is 29.3 Å². The number of esters is 1. The van der Waals surface area contributed by atoms with Crippen LogP contribution in [0.1, 0.15) is 39.7 Å². The number of rotatable bonds is 5. The monoisotopic (exact) mass is 536 g/mol. The number of aryl methyl sites for hydroxylation is 1. The maximum atomic E-state index is 13.6. The Bertz CT molecular complexity index is 1560. The molecule has 5 atom stereocenters. The van der Waals surface area contributed by atoms with Crippen LogP contribution in [0.3, 0.4) is 0 Å². The van der Waals surface area contributed by atoms with Gasteiger partial charge in [-0.05, 0) is 38.4 Å². The highest BCUT2D eigenvalue weighted by Crippen LogP contribution is 2.43. The number of azide groups is 1. The van der Waals surface area contributed by atoms with E-state index in [0.29, 0.717) is 28.7 Å². The van der Waals surface area contributed by atoms with E-state index < -0.39 is 42.2 Å². The molecule has 0 N–H and O–H groups in total. The summed E-state index contributed by atoms with van der Waals surface area (Å²) in [5.41, 5.74) is 10.6. The van der Waals surface area contributed by atoms with E-state index in [-0.39, 0.29) is 11.8 Å². The first-order valence-corrected chi connectivity index (χ1v) is 12.9. The molecule has 0 amide bonds. The number of para-hydroxylation sites is 1. The van der Waals surface area contributed by atoms with Crippen LogP contribution in [0.4, 0.5) is 0 Å². The summed E-state index contributed by atoms with van der Waals surface area (Å²) in [5.74, 6) is 0.588. The van der Waals surface area contributed by atoms with Gasteiger partial charge in [0.25, 0.3) is 0 Å². The lowest BCUT2D eigenvalue weighted by molar-refractivity contribution is -0.261. The standard InChI is InChI=1S/C28H32N4O7/c1-14-27(37-15(2)33)18(30-31-29)12-23(36-14)38-22-11-17-20(39-28(22,3)4)13-21(35-6)24-25(17)32(5)19-10-8-7-9-16(19)26(24)34/h7-10,13-14,18,22-23,27H,11-12H2,1-6H3/t14-,18?,22-,23+,27-/m0/s1. The molecule has 1 fully saturated rings. The molecule has 0 radical (unpaired) electrons. The zero-order valence-electron chi connectivity index (χ0n) is 22.8. The van der Waals surface area contributed by atoms with E-state index in [1.807, 2.05) is 49.7 Å². The first-order chi connectivity index (χ1) is 18.6. The largest absolute Gasteiger partial charge is 0.496 e. The van der Waals surface area contributed by atoms with Gasteiger partial charge in [0.05, 0.1) is 35.7 Å². The van der Waals surface area contributed by atoms with E-state index >= 15 is 0 Å². The summed E-state index contributed by atoms with van der Waals surface area (Å²) in [6.07, 6.45) is -1.84. The lowest BCUT2D eigenvalue weighted by Gasteiger charge is -2.44. The van der Waals surface area contributed by atoms with Crippen molar-refractivity contribution in [3.8, 4) is 11.5 Å². The Morgan fingerprint density at radius 3 is 2.72 bits per heavy atom. The number of nitrogens with zero attached hydrogens (tertiary/aromatic N) is 4. The molecule has 206 valence electrons. The average molecular weight is 537 g/mol. The van der Waals surface area contributed by atoms with Crippen molar-refractivity contribution in [3.05, 3.63) is 56.6 Å². The van der Waals surface area contributed by atoms with Crippen molar-refractivity contribution in [1.29, 1.82) is 0 Å². The van der Waals surface area contributed by atoms with Gasteiger partial charge >= 0.3 is 5.97 Å². The topological polar surface area (TPSA) is 134 Å². The molecular formula is C28H32N4O7. The summed E-state index contributed by atoms with van der Waals surface area (Å²) in [6, 6.07) is 8.59. The summed E-state index contributed by atoms with van der Waals surface area (Å²) in [7, 11) is 3.46. The highest BCUT2D eigenvalue weighted by molar-refractivity contribution is 5.99. The van der Waals surface area contributed by atoms with Crippen LogP contribution in [0.2, 0.25) is 0 Å². The number of fused-ring (bicyclic) bond motifs is 4. The number of hydrogen-bond donors (Lipinski definition) is 0. The maximum absolute atomic E-state index is 13.6. The zero-order chi connectivity index (χ0) is 28.1. The van der Waals surface area contributed by atoms with Gasteiger partial charge in [0.15, 0.2) is 6.29 Å². The minimum atomic E-state index is -0.769. The van der Waals surface area contributed by atoms with Crippen LogP contribution >= 0.6 is 0 Å². The van der Waals surface area contributed by atoms with Crippen LogP contribution in [-0.2, 0) is 32.5 Å². The number of carbonyl (C=O) groups is 1. The Hall–Kier alpha value is -3.79. The van der Waals surface area contributed by atoms with E-state index in [1.54, 1.807) is 20.1 Å². The van der Waals surface area contributed by atoms with Crippen LogP contribution in [-0.4, -0.2) is 53.9 Å². The van der Waals surface area contributed by atoms with Crippen molar-refractivity contribution in [2.75, 3.05) is 7.11 Å². The summed E-state index contributed by atoms with van der Waals surface area (Å²) in [6.45, 7) is 6.91. The van der Waals surface area contributed by atoms with Crippen molar-refractivity contribution in [1.82, 2.24) is 4.57 Å². The number of methoxy groups -OCH3 is 1. The number of ether oxygens (including phenoxy) is 5. The van der Waals surface area contributed by atoms with E-state index in [9.17, 15) is 9.59 Å². The molecule has 0 spiro atoms. The van der Waals surface area contributed by atoms with Gasteiger partial charge < -0.3 is 28.3 Å². The minimum absolute atomic E-state index is 0.112. The van der Waals surface area contributed by atoms with Crippen molar-refractivity contribution >= 4 is 27.8 Å². The fourth-order valence-electron chi connectivity index (χ4n) is 5.74. The smallest absolute Gasteiger partial charge is 0.303 e. The Morgan fingerprint density at radius 2 is 2.03 bits per heavy atom. The number of aromatic nitrogens is 1. The second-order valence-corrected chi connectivity index (χ2v) is 10.6. The van der Waals surface area contributed by atoms with E-state index in [4.69, 9.17) is 29.2 Å². The maximum Gasteiger partial charge on any atom is 0.303 e. The lowest BCUT2D eigenvalue weighted by Crippen LogP contribution is -2.54. The SMILES string of the molecule is COc1cc2c(c3c1c(=O)c1ccccc1n3C)C[C@H](O[C@@H]1CC(N=[N+]=[N-])[C@@H](OC(C)=O)[C@H](C)O1)C(C)(C)O2. The molecule has 1 saturated heterocycles. The van der Waals surface area contributed by atoms with Crippen molar-refractivity contribution in [2.24, 2.45) is 12.2 Å². The summed E-state index contributed by atoms with van der Waals surface area (Å²) in [5, 5.41) is 4.94. The summed E-state index contributed by atoms with van der Waals surface area (Å²) >= 11 is 0. The van der Waals surface area contributed by atoms with E-state index in [1.165, 1.54) is 6.92 Å². The van der Waals surface area contributed by atoms with Crippen LogP contribution in [0, 0.1) is 0 Å². The zero-order valence-corrected chi connectivity index (χ0v) is 22.8. The minimum Gasteiger partial charge on any atom is -0.496 e. The molecule has 11 nitrogen and oxygen atoms in total. The third-order valence-corrected chi connectivity index (χ3v) is 7.62. The molecular weight excluding hydrogens is 504 g/mol. The average Bonchev–Trinajstić information content (AvgIpc) is 2.88. The Morgan fingerprint density at radius 1 is 1.28 bits per heavy atom. The molecule has 1 unspecified atom stereocenters. The van der Waals surface area contributed by atoms with Gasteiger partial charge in [-0.1, -0.05) is 17.2 Å². The van der Waals surface area contributed by atoms with Gasteiger partial charge in [0, 0.05) is 48.7 Å². The Balaban J connectivity index is 1.55. The fourth-order valence-corrected chi connectivity index (χ4v) is 5.74. The van der Waals surface area contributed by atoms with Crippen LogP contribution < -0.4 is 14.9 Å². The number of pyridine rings is 1. The van der Waals surface area contributed by atoms with Crippen LogP contribution in [0.25, 0.3) is 32.2 Å². The number of benzene rings is 2. The Labute approximate surface area is 225 Å². The van der Waals surface area contributed by atoms with Crippen molar-refractivity contribution in [3.63, 3.8) is 0 Å². The molecule has 2 aliphatic heterocycles. The van der Waals surface area contributed by atoms with Crippen molar-refractivity contribution in [2.45, 2.75) is 76.8 Å². The second kappa shape index (κ2) is 10.1. The first-order valence-electron chi connectivity index (χ1n) is 12.9. The number of hydrogen-bond acceptors (Lipinski definition) is 8. The normalized spacial score (nSPS) is 25.8. The van der Waals surface area contributed by atoms with Gasteiger partial charge in [-0.25, -0.2) is 0 Å². The molecule has 11 heteroatoms. The van der Waals surface area contributed by atoms with Gasteiger partial charge in [-0.15, -0.1) is 0 Å². The van der Waals surface area contributed by atoms with Crippen molar-refractivity contribution < 1.29 is 28.5 Å². The lowest BCUT2D eigenvalue weighted by atomic mass is 9.88. The van der Waals surface area contributed by atoms with Crippen LogP contribution in [0.5, 0.6) is 11.5 Å². The van der Waals surface area contributed by atoms with Gasteiger partial charge in [0.2, 0.25) is 5.43 Å². The molecule has 2 aromatic carbocycles. The highest BCUT2D eigenvalue weighted by atomic mass is 16.7. The molecule has 5 rings (SSSR count).